The molecule has 1 amide bonds. The highest BCUT2D eigenvalue weighted by molar-refractivity contribution is 6.12. The molecule has 54 valence electrons. The number of benzene rings is 1. The van der Waals surface area contributed by atoms with E-state index in [9.17, 15) is 9.18 Å². The smallest absolute Gasteiger partial charge is 0.267 e. The van der Waals surface area contributed by atoms with Gasteiger partial charge in [0.25, 0.3) is 5.91 Å². The summed E-state index contributed by atoms with van der Waals surface area (Å²) in [5, 5.41) is 0. The second kappa shape index (κ2) is 1.99. The molecule has 1 aliphatic heterocycles. The van der Waals surface area contributed by atoms with Gasteiger partial charge in [-0.05, 0) is 18.2 Å². The van der Waals surface area contributed by atoms with Crippen molar-refractivity contribution in [2.45, 2.75) is 0 Å². The Morgan fingerprint density at radius 1 is 1.36 bits per heavy atom. The SMILES string of the molecule is O=C1N=Cc2ccc(F)cc21. The van der Waals surface area contributed by atoms with E-state index < -0.39 is 5.82 Å². The van der Waals surface area contributed by atoms with Crippen LogP contribution in [0.4, 0.5) is 4.39 Å². The number of hydrogen-bond donors (Lipinski definition) is 0. The molecular formula is C8H4FNO. The highest BCUT2D eigenvalue weighted by Crippen LogP contribution is 2.15. The van der Waals surface area contributed by atoms with Crippen LogP contribution >= 0.6 is 0 Å². The standard InChI is InChI=1S/C8H4FNO/c9-6-2-1-5-4-10-8(11)7(5)3-6/h1-4H. The maximum absolute atomic E-state index is 12.5. The van der Waals surface area contributed by atoms with Crippen LogP contribution in [0, 0.1) is 5.82 Å². The van der Waals surface area contributed by atoms with E-state index in [1.165, 1.54) is 18.3 Å². The lowest BCUT2D eigenvalue weighted by Gasteiger charge is -1.92. The van der Waals surface area contributed by atoms with Crippen molar-refractivity contribution in [2.75, 3.05) is 0 Å². The Morgan fingerprint density at radius 3 is 3.00 bits per heavy atom. The lowest BCUT2D eigenvalue weighted by Crippen LogP contribution is -1.92. The van der Waals surface area contributed by atoms with Crippen LogP contribution in [0.1, 0.15) is 15.9 Å². The van der Waals surface area contributed by atoms with Gasteiger partial charge < -0.3 is 0 Å². The molecule has 0 atom stereocenters. The Morgan fingerprint density at radius 2 is 2.18 bits per heavy atom. The number of halogens is 1. The minimum atomic E-state index is -0.400. The largest absolute Gasteiger partial charge is 0.277 e. The zero-order chi connectivity index (χ0) is 7.84. The fourth-order valence-corrected chi connectivity index (χ4v) is 1.02. The van der Waals surface area contributed by atoms with E-state index in [0.29, 0.717) is 11.1 Å². The van der Waals surface area contributed by atoms with Gasteiger partial charge in [0.05, 0.1) is 5.56 Å². The molecule has 2 nitrogen and oxygen atoms in total. The Kier molecular flexibility index (Phi) is 1.12. The highest BCUT2D eigenvalue weighted by atomic mass is 19.1. The molecule has 0 bridgehead atoms. The van der Waals surface area contributed by atoms with Crippen LogP contribution in [0.15, 0.2) is 23.2 Å². The first-order valence-corrected chi connectivity index (χ1v) is 3.15. The molecule has 0 radical (unpaired) electrons. The molecule has 1 heterocycles. The average molecular weight is 149 g/mol. The van der Waals surface area contributed by atoms with Crippen molar-refractivity contribution in [3.05, 3.63) is 35.1 Å². The van der Waals surface area contributed by atoms with Crippen molar-refractivity contribution < 1.29 is 9.18 Å². The summed E-state index contributed by atoms with van der Waals surface area (Å²) in [7, 11) is 0. The average Bonchev–Trinajstić information content (AvgIpc) is 2.33. The summed E-state index contributed by atoms with van der Waals surface area (Å²) in [5.41, 5.74) is 1.04. The zero-order valence-corrected chi connectivity index (χ0v) is 5.54. The lowest BCUT2D eigenvalue weighted by molar-refractivity contribution is 0.101. The Hall–Kier alpha value is -1.51. The monoisotopic (exact) mass is 149 g/mol. The number of rotatable bonds is 0. The van der Waals surface area contributed by atoms with E-state index in [2.05, 4.69) is 4.99 Å². The van der Waals surface area contributed by atoms with Gasteiger partial charge in [0.2, 0.25) is 0 Å². The molecule has 1 aliphatic rings. The maximum Gasteiger partial charge on any atom is 0.277 e. The lowest BCUT2D eigenvalue weighted by atomic mass is 10.1. The summed E-state index contributed by atoms with van der Waals surface area (Å²) >= 11 is 0. The van der Waals surface area contributed by atoms with Crippen molar-refractivity contribution in [1.29, 1.82) is 0 Å². The second-order valence-corrected chi connectivity index (χ2v) is 2.29. The summed E-state index contributed by atoms with van der Waals surface area (Å²) in [5.74, 6) is -0.762. The van der Waals surface area contributed by atoms with Gasteiger partial charge in [0.1, 0.15) is 5.82 Å². The van der Waals surface area contributed by atoms with Crippen molar-refractivity contribution in [2.24, 2.45) is 4.99 Å². The first kappa shape index (κ1) is 6.22. The molecule has 0 saturated heterocycles. The number of hydrogen-bond acceptors (Lipinski definition) is 1. The second-order valence-electron chi connectivity index (χ2n) is 2.29. The van der Waals surface area contributed by atoms with Crippen LogP contribution in [-0.2, 0) is 0 Å². The van der Waals surface area contributed by atoms with Crippen molar-refractivity contribution in [3.63, 3.8) is 0 Å². The third-order valence-corrected chi connectivity index (χ3v) is 1.57. The first-order valence-electron chi connectivity index (χ1n) is 3.15. The number of nitrogens with zero attached hydrogens (tertiary/aromatic N) is 1. The normalized spacial score (nSPS) is 13.7. The highest BCUT2D eigenvalue weighted by Gasteiger charge is 2.14. The molecular weight excluding hydrogens is 145 g/mol. The molecule has 0 aromatic heterocycles. The van der Waals surface area contributed by atoms with Crippen molar-refractivity contribution in [1.82, 2.24) is 0 Å². The molecule has 11 heavy (non-hydrogen) atoms. The summed E-state index contributed by atoms with van der Waals surface area (Å²) < 4.78 is 12.5. The van der Waals surface area contributed by atoms with Gasteiger partial charge in [-0.3, -0.25) is 4.79 Å². The predicted octanol–water partition coefficient (Wildman–Crippen LogP) is 1.40. The summed E-state index contributed by atoms with van der Waals surface area (Å²) in [6.07, 6.45) is 1.44. The van der Waals surface area contributed by atoms with Gasteiger partial charge in [-0.25, -0.2) is 9.38 Å². The van der Waals surface area contributed by atoms with E-state index in [4.69, 9.17) is 0 Å². The first-order chi connectivity index (χ1) is 5.27. The summed E-state index contributed by atoms with van der Waals surface area (Å²) in [6.45, 7) is 0. The molecule has 1 aromatic carbocycles. The number of carbonyl (C=O) groups excluding carboxylic acids is 1. The molecule has 1 aromatic rings. The summed E-state index contributed by atoms with van der Waals surface area (Å²) in [4.78, 5) is 14.4. The Balaban J connectivity index is 2.67. The van der Waals surface area contributed by atoms with Crippen LogP contribution in [-0.4, -0.2) is 12.1 Å². The quantitative estimate of drug-likeness (QED) is 0.548. The van der Waals surface area contributed by atoms with E-state index in [1.807, 2.05) is 0 Å². The van der Waals surface area contributed by atoms with Gasteiger partial charge in [0, 0.05) is 11.8 Å². The predicted molar refractivity (Wildman–Crippen MR) is 38.3 cm³/mol. The van der Waals surface area contributed by atoms with Crippen LogP contribution in [0.5, 0.6) is 0 Å². The minimum absolute atomic E-state index is 0.352. The zero-order valence-electron chi connectivity index (χ0n) is 5.54. The molecule has 0 N–H and O–H groups in total. The summed E-state index contributed by atoms with van der Waals surface area (Å²) in [6, 6.07) is 4.05. The third kappa shape index (κ3) is 0.852. The van der Waals surface area contributed by atoms with E-state index in [-0.39, 0.29) is 5.91 Å². The fourth-order valence-electron chi connectivity index (χ4n) is 1.02. The molecule has 0 aliphatic carbocycles. The van der Waals surface area contributed by atoms with Crippen molar-refractivity contribution >= 4 is 12.1 Å². The minimum Gasteiger partial charge on any atom is -0.267 e. The van der Waals surface area contributed by atoms with Gasteiger partial charge in [-0.1, -0.05) is 0 Å². The van der Waals surface area contributed by atoms with E-state index in [1.54, 1.807) is 6.07 Å². The van der Waals surface area contributed by atoms with E-state index in [0.717, 1.165) is 0 Å². The van der Waals surface area contributed by atoms with Crippen LogP contribution in [0.3, 0.4) is 0 Å². The molecule has 0 spiro atoms. The molecule has 0 saturated carbocycles. The van der Waals surface area contributed by atoms with Crippen LogP contribution in [0.25, 0.3) is 0 Å². The molecule has 3 heteroatoms. The fraction of sp³-hybridized carbons (Fsp3) is 0. The van der Waals surface area contributed by atoms with Crippen molar-refractivity contribution in [3.8, 4) is 0 Å². The van der Waals surface area contributed by atoms with Crippen LogP contribution in [0.2, 0.25) is 0 Å². The topological polar surface area (TPSA) is 29.4 Å². The number of fused-ring (bicyclic) bond motifs is 1. The number of amides is 1. The van der Waals surface area contributed by atoms with Gasteiger partial charge in [0.15, 0.2) is 0 Å². The Labute approximate surface area is 62.4 Å². The maximum atomic E-state index is 12.5. The van der Waals surface area contributed by atoms with Gasteiger partial charge in [-0.2, -0.15) is 0 Å². The molecule has 0 unspecified atom stereocenters. The van der Waals surface area contributed by atoms with Gasteiger partial charge >= 0.3 is 0 Å². The van der Waals surface area contributed by atoms with Crippen LogP contribution < -0.4 is 0 Å². The van der Waals surface area contributed by atoms with E-state index >= 15 is 0 Å². The molecule has 2 rings (SSSR count). The van der Waals surface area contributed by atoms with Gasteiger partial charge in [-0.15, -0.1) is 0 Å². The third-order valence-electron chi connectivity index (χ3n) is 1.57. The number of carbonyl (C=O) groups is 1. The number of aliphatic imine (C=N–C) groups is 1. The molecule has 0 fully saturated rings. The Bertz CT molecular complexity index is 357.